The van der Waals surface area contributed by atoms with Crippen LogP contribution in [0, 0.1) is 6.92 Å². The summed E-state index contributed by atoms with van der Waals surface area (Å²) in [7, 11) is -4.07. The van der Waals surface area contributed by atoms with Gasteiger partial charge in [-0.15, -0.1) is 4.40 Å². The van der Waals surface area contributed by atoms with Crippen molar-refractivity contribution in [2.45, 2.75) is 23.5 Å². The molecule has 0 unspecified atom stereocenters. The van der Waals surface area contributed by atoms with E-state index in [0.717, 1.165) is 17.3 Å². The number of thioether (sulfide) groups is 1. The van der Waals surface area contributed by atoms with E-state index in [1.54, 1.807) is 66.7 Å². The largest absolute Gasteiger partial charge is 0.326 e. The standard InChI is InChI=1S/C24H20ClN3O4S2/c1-16-7-13-20(14-8-16)34(31,32)27-24-28(19-5-3-2-4-6-19)23(30)21(33-24)15-22(29)26-18-11-9-17(25)10-12-18/h2-14,21H,15H2,1H3,(H,26,29)/t21-/m0/s1. The van der Waals surface area contributed by atoms with Crippen molar-refractivity contribution in [2.75, 3.05) is 10.2 Å². The molecule has 1 atom stereocenters. The van der Waals surface area contributed by atoms with E-state index in [-0.39, 0.29) is 22.4 Å². The Morgan fingerprint density at radius 3 is 2.32 bits per heavy atom. The summed E-state index contributed by atoms with van der Waals surface area (Å²) in [4.78, 5) is 27.1. The first kappa shape index (κ1) is 24.0. The number of amidine groups is 1. The van der Waals surface area contributed by atoms with E-state index in [4.69, 9.17) is 11.6 Å². The smallest absolute Gasteiger partial charge is 0.284 e. The number of para-hydroxylation sites is 1. The Labute approximate surface area is 206 Å². The van der Waals surface area contributed by atoms with E-state index >= 15 is 0 Å². The number of carbonyl (C=O) groups excluding carboxylic acids is 2. The van der Waals surface area contributed by atoms with Gasteiger partial charge in [0.25, 0.3) is 10.0 Å². The van der Waals surface area contributed by atoms with Crippen molar-refractivity contribution in [3.8, 4) is 0 Å². The third-order valence-electron chi connectivity index (χ3n) is 4.97. The van der Waals surface area contributed by atoms with Gasteiger partial charge in [0, 0.05) is 17.1 Å². The zero-order valence-corrected chi connectivity index (χ0v) is 20.4. The van der Waals surface area contributed by atoms with E-state index in [0.29, 0.717) is 16.4 Å². The second-order valence-electron chi connectivity index (χ2n) is 7.54. The molecule has 0 spiro atoms. The van der Waals surface area contributed by atoms with Crippen LogP contribution in [-0.4, -0.2) is 30.6 Å². The Kier molecular flexibility index (Phi) is 7.06. The van der Waals surface area contributed by atoms with Gasteiger partial charge in [0.2, 0.25) is 11.8 Å². The van der Waals surface area contributed by atoms with Crippen molar-refractivity contribution in [3.05, 3.63) is 89.4 Å². The third kappa shape index (κ3) is 5.49. The number of nitrogens with one attached hydrogen (secondary N) is 1. The molecule has 4 rings (SSSR count). The second kappa shape index (κ2) is 10.0. The summed E-state index contributed by atoms with van der Waals surface area (Å²) in [5.74, 6) is -0.802. The van der Waals surface area contributed by atoms with Gasteiger partial charge in [0.05, 0.1) is 10.6 Å². The molecule has 0 aliphatic carbocycles. The highest BCUT2D eigenvalue weighted by Crippen LogP contribution is 2.35. The molecule has 0 saturated carbocycles. The molecule has 1 saturated heterocycles. The normalized spacial score (nSPS) is 17.2. The van der Waals surface area contributed by atoms with Gasteiger partial charge in [0.15, 0.2) is 5.17 Å². The number of halogens is 1. The molecule has 1 heterocycles. The molecule has 174 valence electrons. The number of anilines is 2. The maximum absolute atomic E-state index is 13.2. The second-order valence-corrected chi connectivity index (χ2v) is 10.7. The summed E-state index contributed by atoms with van der Waals surface area (Å²) in [5, 5.41) is 2.43. The zero-order valence-electron chi connectivity index (χ0n) is 18.0. The fourth-order valence-electron chi connectivity index (χ4n) is 3.25. The summed E-state index contributed by atoms with van der Waals surface area (Å²) in [6.45, 7) is 1.85. The molecule has 1 aliphatic heterocycles. The summed E-state index contributed by atoms with van der Waals surface area (Å²) < 4.78 is 29.9. The van der Waals surface area contributed by atoms with Gasteiger partial charge in [-0.2, -0.15) is 8.42 Å². The molecule has 7 nitrogen and oxygen atoms in total. The first-order valence-corrected chi connectivity index (χ1v) is 13.0. The van der Waals surface area contributed by atoms with Crippen LogP contribution in [0.2, 0.25) is 5.02 Å². The van der Waals surface area contributed by atoms with Crippen LogP contribution >= 0.6 is 23.4 Å². The molecular formula is C24H20ClN3O4S2. The predicted octanol–water partition coefficient (Wildman–Crippen LogP) is 4.87. The van der Waals surface area contributed by atoms with E-state index in [2.05, 4.69) is 9.71 Å². The number of aryl methyl sites for hydroxylation is 1. The highest BCUT2D eigenvalue weighted by Gasteiger charge is 2.41. The first-order chi connectivity index (χ1) is 16.2. The van der Waals surface area contributed by atoms with Crippen LogP contribution in [0.25, 0.3) is 0 Å². The molecule has 10 heteroatoms. The number of sulfonamides is 1. The first-order valence-electron chi connectivity index (χ1n) is 10.3. The van der Waals surface area contributed by atoms with Crippen LogP contribution in [0.3, 0.4) is 0 Å². The average Bonchev–Trinajstić information content (AvgIpc) is 3.10. The van der Waals surface area contributed by atoms with Crippen LogP contribution in [0.15, 0.2) is 88.2 Å². The van der Waals surface area contributed by atoms with Gasteiger partial charge in [0.1, 0.15) is 5.25 Å². The van der Waals surface area contributed by atoms with E-state index in [9.17, 15) is 18.0 Å². The predicted molar refractivity (Wildman–Crippen MR) is 136 cm³/mol. The lowest BCUT2D eigenvalue weighted by Crippen LogP contribution is -2.33. The van der Waals surface area contributed by atoms with Crippen LogP contribution in [0.4, 0.5) is 11.4 Å². The molecule has 34 heavy (non-hydrogen) atoms. The lowest BCUT2D eigenvalue weighted by Gasteiger charge is -2.16. The van der Waals surface area contributed by atoms with E-state index < -0.39 is 21.2 Å². The van der Waals surface area contributed by atoms with Gasteiger partial charge in [-0.25, -0.2) is 0 Å². The molecule has 2 amide bonds. The molecule has 0 radical (unpaired) electrons. The Balaban J connectivity index is 1.61. The number of amides is 2. The third-order valence-corrected chi connectivity index (χ3v) is 7.75. The minimum atomic E-state index is -4.07. The SMILES string of the molecule is Cc1ccc(S(=O)(=O)N=C2S[C@@H](CC(=O)Nc3ccc(Cl)cc3)C(=O)N2c2ccccc2)cc1. The van der Waals surface area contributed by atoms with Gasteiger partial charge in [-0.05, 0) is 55.5 Å². The summed E-state index contributed by atoms with van der Waals surface area (Å²) in [6, 6.07) is 21.5. The summed E-state index contributed by atoms with van der Waals surface area (Å²) >= 11 is 6.82. The van der Waals surface area contributed by atoms with Crippen molar-refractivity contribution >= 4 is 61.7 Å². The minimum absolute atomic E-state index is 0.000989. The molecular weight excluding hydrogens is 494 g/mol. The van der Waals surface area contributed by atoms with Crippen molar-refractivity contribution in [1.29, 1.82) is 0 Å². The van der Waals surface area contributed by atoms with Crippen LogP contribution in [0.5, 0.6) is 0 Å². The van der Waals surface area contributed by atoms with Crippen LogP contribution in [-0.2, 0) is 19.6 Å². The fourth-order valence-corrected chi connectivity index (χ4v) is 5.72. The zero-order chi connectivity index (χ0) is 24.3. The van der Waals surface area contributed by atoms with E-state index in [1.807, 2.05) is 6.92 Å². The van der Waals surface area contributed by atoms with Gasteiger partial charge >= 0.3 is 0 Å². The van der Waals surface area contributed by atoms with Crippen molar-refractivity contribution in [3.63, 3.8) is 0 Å². The highest BCUT2D eigenvalue weighted by molar-refractivity contribution is 8.16. The van der Waals surface area contributed by atoms with Gasteiger partial charge in [-0.3, -0.25) is 14.5 Å². The van der Waals surface area contributed by atoms with Crippen LogP contribution < -0.4 is 10.2 Å². The lowest BCUT2D eigenvalue weighted by atomic mass is 10.2. The molecule has 1 N–H and O–H groups in total. The van der Waals surface area contributed by atoms with Crippen molar-refractivity contribution in [2.24, 2.45) is 4.40 Å². The topological polar surface area (TPSA) is 95.9 Å². The Morgan fingerprint density at radius 1 is 1.03 bits per heavy atom. The molecule has 1 aliphatic rings. The molecule has 0 aromatic heterocycles. The number of hydrogen-bond donors (Lipinski definition) is 1. The summed E-state index contributed by atoms with van der Waals surface area (Å²) in [5.41, 5.74) is 1.92. The summed E-state index contributed by atoms with van der Waals surface area (Å²) in [6.07, 6.45) is -0.154. The monoisotopic (exact) mass is 513 g/mol. The minimum Gasteiger partial charge on any atom is -0.326 e. The number of hydrogen-bond acceptors (Lipinski definition) is 5. The number of benzene rings is 3. The number of rotatable bonds is 6. The van der Waals surface area contributed by atoms with Crippen LogP contribution in [0.1, 0.15) is 12.0 Å². The van der Waals surface area contributed by atoms with Crippen molar-refractivity contribution < 1.29 is 18.0 Å². The average molecular weight is 514 g/mol. The van der Waals surface area contributed by atoms with E-state index in [1.165, 1.54) is 17.0 Å². The number of nitrogens with zero attached hydrogens (tertiary/aromatic N) is 2. The lowest BCUT2D eigenvalue weighted by molar-refractivity contribution is -0.121. The van der Waals surface area contributed by atoms with Gasteiger partial charge < -0.3 is 5.32 Å². The molecule has 3 aromatic carbocycles. The fraction of sp³-hybridized carbons (Fsp3) is 0.125. The molecule has 0 bridgehead atoms. The quantitative estimate of drug-likeness (QED) is 0.507. The van der Waals surface area contributed by atoms with Crippen molar-refractivity contribution in [1.82, 2.24) is 0 Å². The van der Waals surface area contributed by atoms with Gasteiger partial charge in [-0.1, -0.05) is 59.3 Å². The Bertz CT molecular complexity index is 1340. The molecule has 3 aromatic rings. The maximum atomic E-state index is 13.2. The number of carbonyl (C=O) groups is 2. The maximum Gasteiger partial charge on any atom is 0.284 e. The highest BCUT2D eigenvalue weighted by atomic mass is 35.5. The molecule has 1 fully saturated rings. The Morgan fingerprint density at radius 2 is 1.68 bits per heavy atom. The Hall–Kier alpha value is -3.14.